The van der Waals surface area contributed by atoms with Crippen LogP contribution in [0.4, 0.5) is 36.8 Å². The molecule has 2 heterocycles. The van der Waals surface area contributed by atoms with Gasteiger partial charge >= 0.3 is 33.0 Å². The Balaban J connectivity index is 0.000000270. The maximum atomic E-state index is 9.87. The number of nitrogens with one attached hydrogen (secondary N) is 1. The molecule has 5 N–H and O–H groups in total. The SMILES string of the molecule is F[P-](F)(F)(F)(F)F.Nc1cccc(-c2cccc(N)[nH+]2)n1. The van der Waals surface area contributed by atoms with Gasteiger partial charge in [-0.25, -0.2) is 9.97 Å². The number of aromatic amines is 1. The van der Waals surface area contributed by atoms with Gasteiger partial charge in [0.05, 0.1) is 0 Å². The molecule has 21 heavy (non-hydrogen) atoms. The Hall–Kier alpha value is -2.09. The zero-order valence-corrected chi connectivity index (χ0v) is 11.2. The summed E-state index contributed by atoms with van der Waals surface area (Å²) in [6.45, 7) is 0. The van der Waals surface area contributed by atoms with E-state index in [1.54, 1.807) is 12.1 Å². The number of anilines is 2. The Morgan fingerprint density at radius 2 is 1.38 bits per heavy atom. The minimum atomic E-state index is -10.7. The second kappa shape index (κ2) is 4.73. The van der Waals surface area contributed by atoms with E-state index >= 15 is 0 Å². The molecule has 118 valence electrons. The van der Waals surface area contributed by atoms with Gasteiger partial charge < -0.3 is 5.73 Å². The maximum Gasteiger partial charge on any atom is 0.270 e. The molecule has 0 fully saturated rings. The van der Waals surface area contributed by atoms with E-state index in [0.717, 1.165) is 11.4 Å². The van der Waals surface area contributed by atoms with Crippen LogP contribution in [0.1, 0.15) is 0 Å². The molecule has 0 saturated heterocycles. The molecule has 0 atom stereocenters. The van der Waals surface area contributed by atoms with Gasteiger partial charge in [-0.2, -0.15) is 0 Å². The monoisotopic (exact) mass is 332 g/mol. The average molecular weight is 332 g/mol. The molecule has 0 amide bonds. The normalized spacial score (nSPS) is 14.4. The van der Waals surface area contributed by atoms with Gasteiger partial charge in [0.25, 0.3) is 5.82 Å². The summed E-state index contributed by atoms with van der Waals surface area (Å²) in [5, 5.41) is 0. The molecule has 0 bridgehead atoms. The first kappa shape index (κ1) is 17.0. The van der Waals surface area contributed by atoms with Gasteiger partial charge in [0.2, 0.25) is 0 Å². The van der Waals surface area contributed by atoms with E-state index in [1.807, 2.05) is 24.3 Å². The van der Waals surface area contributed by atoms with Gasteiger partial charge in [0.15, 0.2) is 5.69 Å². The number of nitrogen functional groups attached to an aromatic ring is 2. The van der Waals surface area contributed by atoms with Crippen LogP contribution in [0.25, 0.3) is 11.4 Å². The third-order valence-electron chi connectivity index (χ3n) is 1.86. The number of nitrogens with two attached hydrogens (primary N) is 2. The van der Waals surface area contributed by atoms with Crippen LogP contribution >= 0.6 is 7.81 Å². The van der Waals surface area contributed by atoms with E-state index in [-0.39, 0.29) is 0 Å². The summed E-state index contributed by atoms with van der Waals surface area (Å²) in [7, 11) is -10.7. The first-order valence-electron chi connectivity index (χ1n) is 5.28. The quantitative estimate of drug-likeness (QED) is 0.609. The second-order valence-electron chi connectivity index (χ2n) is 3.93. The van der Waals surface area contributed by atoms with Crippen molar-refractivity contribution < 1.29 is 30.2 Å². The predicted octanol–water partition coefficient (Wildman–Crippen LogP) is 4.11. The van der Waals surface area contributed by atoms with Crippen LogP contribution in [0.15, 0.2) is 36.4 Å². The van der Waals surface area contributed by atoms with Crippen LogP contribution < -0.4 is 16.5 Å². The molecule has 4 nitrogen and oxygen atoms in total. The predicted molar refractivity (Wildman–Crippen MR) is 68.6 cm³/mol. The molecule has 0 aliphatic carbocycles. The van der Waals surface area contributed by atoms with Crippen molar-refractivity contribution in [2.24, 2.45) is 0 Å². The van der Waals surface area contributed by atoms with Gasteiger partial charge in [0, 0.05) is 6.07 Å². The molecule has 2 aromatic rings. The molecule has 0 saturated carbocycles. The fourth-order valence-electron chi connectivity index (χ4n) is 1.24. The van der Waals surface area contributed by atoms with Crippen molar-refractivity contribution >= 4 is 19.4 Å². The van der Waals surface area contributed by atoms with E-state index < -0.39 is 7.81 Å². The molecule has 0 aliphatic rings. The summed E-state index contributed by atoms with van der Waals surface area (Å²) in [4.78, 5) is 7.19. The molecule has 11 heteroatoms. The number of rotatable bonds is 1. The van der Waals surface area contributed by atoms with Gasteiger partial charge in [-0.3, -0.25) is 5.73 Å². The van der Waals surface area contributed by atoms with E-state index in [9.17, 15) is 25.2 Å². The van der Waals surface area contributed by atoms with E-state index in [0.29, 0.717) is 11.6 Å². The fraction of sp³-hybridized carbons (Fsp3) is 0. The van der Waals surface area contributed by atoms with Crippen LogP contribution in [-0.4, -0.2) is 4.98 Å². The first-order chi connectivity index (χ1) is 9.20. The van der Waals surface area contributed by atoms with Crippen molar-refractivity contribution in [2.75, 3.05) is 11.5 Å². The maximum absolute atomic E-state index is 10.7. The first-order valence-corrected chi connectivity index (χ1v) is 7.31. The number of aromatic nitrogens is 2. The Labute approximate surface area is 115 Å². The van der Waals surface area contributed by atoms with Crippen LogP contribution in [0, 0.1) is 0 Å². The summed E-state index contributed by atoms with van der Waals surface area (Å²) in [5.41, 5.74) is 12.8. The molecule has 0 aliphatic heterocycles. The Morgan fingerprint density at radius 3 is 1.86 bits per heavy atom. The molecule has 2 aromatic heterocycles. The second-order valence-corrected chi connectivity index (χ2v) is 5.84. The summed E-state index contributed by atoms with van der Waals surface area (Å²) in [5.74, 6) is 1.10. The molecule has 2 rings (SSSR count). The van der Waals surface area contributed by atoms with Crippen molar-refractivity contribution in [3.05, 3.63) is 36.4 Å². The topological polar surface area (TPSA) is 79.1 Å². The van der Waals surface area contributed by atoms with Crippen LogP contribution in [-0.2, 0) is 0 Å². The van der Waals surface area contributed by atoms with Crippen LogP contribution in [0.3, 0.4) is 0 Å². The average Bonchev–Trinajstić information content (AvgIpc) is 2.25. The third-order valence-corrected chi connectivity index (χ3v) is 1.86. The van der Waals surface area contributed by atoms with Gasteiger partial charge in [-0.15, -0.1) is 0 Å². The summed E-state index contributed by atoms with van der Waals surface area (Å²) in [6, 6.07) is 11.0. The molecule has 0 radical (unpaired) electrons. The zero-order valence-electron chi connectivity index (χ0n) is 10.3. The van der Waals surface area contributed by atoms with Crippen molar-refractivity contribution in [3.8, 4) is 11.4 Å². The third kappa shape index (κ3) is 9.44. The van der Waals surface area contributed by atoms with Gasteiger partial charge in [-0.1, -0.05) is 6.07 Å². The molecule has 0 spiro atoms. The number of H-pyrrole nitrogens is 1. The van der Waals surface area contributed by atoms with E-state index in [2.05, 4.69) is 9.97 Å². The molecule has 0 aromatic carbocycles. The van der Waals surface area contributed by atoms with Crippen molar-refractivity contribution in [3.63, 3.8) is 0 Å². The number of hydrogen-bond donors (Lipinski definition) is 2. The van der Waals surface area contributed by atoms with Crippen molar-refractivity contribution in [1.82, 2.24) is 4.98 Å². The zero-order chi connectivity index (χ0) is 16.4. The Bertz CT molecular complexity index is 588. The van der Waals surface area contributed by atoms with Gasteiger partial charge in [-0.05, 0) is 24.3 Å². The summed E-state index contributed by atoms with van der Waals surface area (Å²) < 4.78 is 59.2. The largest absolute Gasteiger partial charge is 0.384 e. The number of nitrogens with zero attached hydrogens (tertiary/aromatic N) is 1. The number of hydrogen-bond acceptors (Lipinski definition) is 3. The molecule has 0 unspecified atom stereocenters. The fourth-order valence-corrected chi connectivity index (χ4v) is 1.24. The van der Waals surface area contributed by atoms with Crippen LogP contribution in [0.5, 0.6) is 0 Å². The van der Waals surface area contributed by atoms with Crippen LogP contribution in [0.2, 0.25) is 0 Å². The molecular formula is C10H11F6N4P. The smallest absolute Gasteiger partial charge is 0.270 e. The van der Waals surface area contributed by atoms with Gasteiger partial charge in [0.1, 0.15) is 11.5 Å². The number of pyridine rings is 2. The minimum Gasteiger partial charge on any atom is -0.384 e. The summed E-state index contributed by atoms with van der Waals surface area (Å²) >= 11 is 0. The standard InChI is InChI=1S/C10H10N4.F6P/c11-9-5-1-3-7(13-9)8-4-2-6-10(12)14-8;1-7(2,3,4,5)6/h1-6H,(H2,11,13)(H2,12,14);/q;-1/p+1. The van der Waals surface area contributed by atoms with E-state index in [1.165, 1.54) is 0 Å². The van der Waals surface area contributed by atoms with E-state index in [4.69, 9.17) is 11.5 Å². The van der Waals surface area contributed by atoms with Crippen molar-refractivity contribution in [2.45, 2.75) is 0 Å². The Morgan fingerprint density at radius 1 is 0.857 bits per heavy atom. The number of halogens is 6. The molecular weight excluding hydrogens is 321 g/mol. The summed E-state index contributed by atoms with van der Waals surface area (Å²) in [6.07, 6.45) is 0. The minimum absolute atomic E-state index is 0.498. The Kier molecular flexibility index (Phi) is 3.82. The van der Waals surface area contributed by atoms with Crippen molar-refractivity contribution in [1.29, 1.82) is 0 Å².